The SMILES string of the molecule is C/C=C/CCC(=C(C#N)C#N)c1ccc(C)cc1. The summed E-state index contributed by atoms with van der Waals surface area (Å²) >= 11 is 0. The zero-order valence-corrected chi connectivity index (χ0v) is 10.8. The molecule has 0 amide bonds. The van der Waals surface area contributed by atoms with Gasteiger partial charge in [0.2, 0.25) is 0 Å². The zero-order chi connectivity index (χ0) is 13.4. The molecular formula is C16H16N2. The lowest BCUT2D eigenvalue weighted by atomic mass is 9.96. The lowest BCUT2D eigenvalue weighted by Gasteiger charge is -2.07. The Morgan fingerprint density at radius 2 is 1.78 bits per heavy atom. The molecule has 90 valence electrons. The Kier molecular flexibility index (Phi) is 5.42. The highest BCUT2D eigenvalue weighted by molar-refractivity contribution is 5.75. The summed E-state index contributed by atoms with van der Waals surface area (Å²) in [7, 11) is 0. The van der Waals surface area contributed by atoms with Gasteiger partial charge in [0, 0.05) is 0 Å². The van der Waals surface area contributed by atoms with E-state index in [9.17, 15) is 0 Å². The van der Waals surface area contributed by atoms with E-state index in [2.05, 4.69) is 0 Å². The fraction of sp³-hybridized carbons (Fsp3) is 0.250. The van der Waals surface area contributed by atoms with Crippen LogP contribution in [0.5, 0.6) is 0 Å². The Bertz CT molecular complexity index is 518. The molecule has 0 radical (unpaired) electrons. The van der Waals surface area contributed by atoms with Crippen LogP contribution in [0.15, 0.2) is 42.0 Å². The first-order chi connectivity index (χ1) is 8.72. The molecule has 0 aliphatic rings. The van der Waals surface area contributed by atoms with Crippen molar-refractivity contribution in [2.75, 3.05) is 0 Å². The fourth-order valence-electron chi connectivity index (χ4n) is 1.72. The van der Waals surface area contributed by atoms with Crippen LogP contribution in [0.4, 0.5) is 0 Å². The Morgan fingerprint density at radius 1 is 1.17 bits per heavy atom. The molecule has 0 aromatic heterocycles. The third kappa shape index (κ3) is 3.61. The van der Waals surface area contributed by atoms with E-state index in [0.717, 1.165) is 17.6 Å². The molecule has 0 heterocycles. The van der Waals surface area contributed by atoms with Crippen molar-refractivity contribution in [3.05, 3.63) is 53.1 Å². The van der Waals surface area contributed by atoms with Gasteiger partial charge in [-0.1, -0.05) is 42.0 Å². The summed E-state index contributed by atoms with van der Waals surface area (Å²) in [6.45, 7) is 3.98. The zero-order valence-electron chi connectivity index (χ0n) is 10.8. The van der Waals surface area contributed by atoms with Gasteiger partial charge in [-0.05, 0) is 37.8 Å². The van der Waals surface area contributed by atoms with Gasteiger partial charge >= 0.3 is 0 Å². The number of hydrogen-bond acceptors (Lipinski definition) is 2. The maximum atomic E-state index is 9.02. The van der Waals surface area contributed by atoms with Crippen molar-refractivity contribution in [3.8, 4) is 12.1 Å². The number of benzene rings is 1. The Hall–Kier alpha value is -2.32. The topological polar surface area (TPSA) is 47.6 Å². The number of nitriles is 2. The number of allylic oxidation sites excluding steroid dienone is 4. The minimum Gasteiger partial charge on any atom is -0.192 e. The minimum absolute atomic E-state index is 0.211. The van der Waals surface area contributed by atoms with Crippen molar-refractivity contribution in [1.82, 2.24) is 0 Å². The average Bonchev–Trinajstić information content (AvgIpc) is 2.39. The van der Waals surface area contributed by atoms with Crippen LogP contribution in [0.2, 0.25) is 0 Å². The number of nitrogens with zero attached hydrogens (tertiary/aromatic N) is 2. The van der Waals surface area contributed by atoms with E-state index in [4.69, 9.17) is 10.5 Å². The average molecular weight is 236 g/mol. The maximum Gasteiger partial charge on any atom is 0.133 e. The summed E-state index contributed by atoms with van der Waals surface area (Å²) in [4.78, 5) is 0. The quantitative estimate of drug-likeness (QED) is 0.582. The molecule has 0 fully saturated rings. The first-order valence-corrected chi connectivity index (χ1v) is 5.94. The van der Waals surface area contributed by atoms with Gasteiger partial charge in [0.15, 0.2) is 0 Å². The van der Waals surface area contributed by atoms with Crippen LogP contribution in [0.3, 0.4) is 0 Å². The second-order valence-electron chi connectivity index (χ2n) is 4.05. The molecule has 1 aromatic rings. The van der Waals surface area contributed by atoms with Crippen LogP contribution in [-0.2, 0) is 0 Å². The Labute approximate surface area is 108 Å². The molecule has 2 heteroatoms. The van der Waals surface area contributed by atoms with Crippen LogP contribution >= 0.6 is 0 Å². The predicted octanol–water partition coefficient (Wildman–Crippen LogP) is 4.15. The van der Waals surface area contributed by atoms with Gasteiger partial charge < -0.3 is 0 Å². The van der Waals surface area contributed by atoms with Crippen LogP contribution in [0, 0.1) is 29.6 Å². The molecule has 0 saturated heterocycles. The predicted molar refractivity (Wildman–Crippen MR) is 73.4 cm³/mol. The number of aryl methyl sites for hydroxylation is 1. The smallest absolute Gasteiger partial charge is 0.133 e. The van der Waals surface area contributed by atoms with Crippen LogP contribution < -0.4 is 0 Å². The molecule has 18 heavy (non-hydrogen) atoms. The minimum atomic E-state index is 0.211. The van der Waals surface area contributed by atoms with Gasteiger partial charge in [-0.2, -0.15) is 10.5 Å². The summed E-state index contributed by atoms with van der Waals surface area (Å²) in [6.07, 6.45) is 5.57. The van der Waals surface area contributed by atoms with Crippen molar-refractivity contribution in [3.63, 3.8) is 0 Å². The molecule has 0 N–H and O–H groups in total. The van der Waals surface area contributed by atoms with Gasteiger partial charge in [-0.15, -0.1) is 0 Å². The molecule has 0 aliphatic heterocycles. The van der Waals surface area contributed by atoms with E-state index in [1.54, 1.807) is 0 Å². The van der Waals surface area contributed by atoms with Crippen LogP contribution in [0.1, 0.15) is 30.9 Å². The van der Waals surface area contributed by atoms with Crippen molar-refractivity contribution < 1.29 is 0 Å². The lowest BCUT2D eigenvalue weighted by molar-refractivity contribution is 1.06. The van der Waals surface area contributed by atoms with Gasteiger partial charge in [-0.25, -0.2) is 0 Å². The number of hydrogen-bond donors (Lipinski definition) is 0. The molecule has 0 unspecified atom stereocenters. The third-order valence-electron chi connectivity index (χ3n) is 2.72. The molecule has 0 aliphatic carbocycles. The van der Waals surface area contributed by atoms with E-state index >= 15 is 0 Å². The van der Waals surface area contributed by atoms with Crippen molar-refractivity contribution >= 4 is 5.57 Å². The molecule has 0 spiro atoms. The highest BCUT2D eigenvalue weighted by Gasteiger charge is 2.08. The third-order valence-corrected chi connectivity index (χ3v) is 2.72. The van der Waals surface area contributed by atoms with Crippen LogP contribution in [0.25, 0.3) is 5.57 Å². The molecule has 0 atom stereocenters. The highest BCUT2D eigenvalue weighted by atomic mass is 14.3. The van der Waals surface area contributed by atoms with Crippen molar-refractivity contribution in [1.29, 1.82) is 10.5 Å². The van der Waals surface area contributed by atoms with Gasteiger partial charge in [0.25, 0.3) is 0 Å². The maximum absolute atomic E-state index is 9.02. The lowest BCUT2D eigenvalue weighted by Crippen LogP contribution is -1.90. The van der Waals surface area contributed by atoms with Gasteiger partial charge in [-0.3, -0.25) is 0 Å². The van der Waals surface area contributed by atoms with E-state index in [0.29, 0.717) is 6.42 Å². The summed E-state index contributed by atoms with van der Waals surface area (Å²) in [5.74, 6) is 0. The number of rotatable bonds is 4. The van der Waals surface area contributed by atoms with Gasteiger partial charge in [0.05, 0.1) is 0 Å². The molecular weight excluding hydrogens is 220 g/mol. The molecule has 1 aromatic carbocycles. The second-order valence-corrected chi connectivity index (χ2v) is 4.05. The first-order valence-electron chi connectivity index (χ1n) is 5.94. The molecule has 0 saturated carbocycles. The first kappa shape index (κ1) is 13.7. The molecule has 2 nitrogen and oxygen atoms in total. The van der Waals surface area contributed by atoms with E-state index < -0.39 is 0 Å². The van der Waals surface area contributed by atoms with Crippen molar-refractivity contribution in [2.45, 2.75) is 26.7 Å². The van der Waals surface area contributed by atoms with Crippen LogP contribution in [-0.4, -0.2) is 0 Å². The summed E-state index contributed by atoms with van der Waals surface area (Å²) in [5, 5.41) is 18.0. The fourth-order valence-corrected chi connectivity index (χ4v) is 1.72. The van der Waals surface area contributed by atoms with Gasteiger partial charge in [0.1, 0.15) is 17.7 Å². The highest BCUT2D eigenvalue weighted by Crippen LogP contribution is 2.24. The van der Waals surface area contributed by atoms with E-state index in [1.807, 2.05) is 62.4 Å². The van der Waals surface area contributed by atoms with E-state index in [1.165, 1.54) is 5.56 Å². The normalized spacial score (nSPS) is 9.78. The monoisotopic (exact) mass is 236 g/mol. The largest absolute Gasteiger partial charge is 0.192 e. The summed E-state index contributed by atoms with van der Waals surface area (Å²) in [5.41, 5.74) is 3.17. The van der Waals surface area contributed by atoms with Crippen molar-refractivity contribution in [2.24, 2.45) is 0 Å². The Balaban J connectivity index is 3.14. The Morgan fingerprint density at radius 3 is 2.28 bits per heavy atom. The molecule has 0 bridgehead atoms. The summed E-state index contributed by atoms with van der Waals surface area (Å²) in [6, 6.07) is 11.9. The summed E-state index contributed by atoms with van der Waals surface area (Å²) < 4.78 is 0. The second kappa shape index (κ2) is 7.09. The molecule has 1 rings (SSSR count). The standard InChI is InChI=1S/C16H16N2/c1-3-4-5-6-16(15(11-17)12-18)14-9-7-13(2)8-10-14/h3-4,7-10H,5-6H2,1-2H3/b4-3+. The van der Waals surface area contributed by atoms with E-state index in [-0.39, 0.29) is 5.57 Å².